The molecule has 1 aromatic carbocycles. The predicted molar refractivity (Wildman–Crippen MR) is 98.4 cm³/mol. The number of ether oxygens (including phenoxy) is 1. The van der Waals surface area contributed by atoms with Gasteiger partial charge in [0.2, 0.25) is 5.91 Å². The molecule has 0 aliphatic carbocycles. The second kappa shape index (κ2) is 10.1. The first-order chi connectivity index (χ1) is 11.7. The largest absolute Gasteiger partial charge is 0.454 e. The number of carbonyl (C=O) groups is 3. The van der Waals surface area contributed by atoms with Gasteiger partial charge in [0, 0.05) is 16.9 Å². The van der Waals surface area contributed by atoms with Gasteiger partial charge < -0.3 is 15.4 Å². The third-order valence-corrected chi connectivity index (χ3v) is 3.85. The SMILES string of the molecule is CCCC(=O)OCSc1ccccc1C(=O)NCC(=O)NC(C)(C)C. The number of hydrogen-bond acceptors (Lipinski definition) is 5. The maximum absolute atomic E-state index is 12.3. The van der Waals surface area contributed by atoms with Crippen molar-refractivity contribution >= 4 is 29.5 Å². The van der Waals surface area contributed by atoms with Gasteiger partial charge in [0.15, 0.2) is 0 Å². The summed E-state index contributed by atoms with van der Waals surface area (Å²) in [4.78, 5) is 36.2. The van der Waals surface area contributed by atoms with Crippen molar-refractivity contribution in [2.45, 2.75) is 51.0 Å². The van der Waals surface area contributed by atoms with Gasteiger partial charge in [-0.05, 0) is 39.3 Å². The van der Waals surface area contributed by atoms with Crippen molar-refractivity contribution in [1.29, 1.82) is 0 Å². The number of nitrogens with one attached hydrogen (secondary N) is 2. The van der Waals surface area contributed by atoms with E-state index in [0.29, 0.717) is 16.9 Å². The maximum Gasteiger partial charge on any atom is 0.306 e. The van der Waals surface area contributed by atoms with E-state index in [0.717, 1.165) is 6.42 Å². The second-order valence-electron chi connectivity index (χ2n) is 6.51. The van der Waals surface area contributed by atoms with Crippen molar-refractivity contribution in [3.8, 4) is 0 Å². The Morgan fingerprint density at radius 2 is 1.84 bits per heavy atom. The molecular weight excluding hydrogens is 340 g/mol. The molecule has 1 rings (SSSR count). The molecule has 0 bridgehead atoms. The summed E-state index contributed by atoms with van der Waals surface area (Å²) in [5.74, 6) is -0.699. The lowest BCUT2D eigenvalue weighted by molar-refractivity contribution is -0.141. The summed E-state index contributed by atoms with van der Waals surface area (Å²) in [5, 5.41) is 5.39. The van der Waals surface area contributed by atoms with Crippen molar-refractivity contribution in [1.82, 2.24) is 10.6 Å². The first-order valence-electron chi connectivity index (χ1n) is 8.19. The average Bonchev–Trinajstić information content (AvgIpc) is 2.52. The maximum atomic E-state index is 12.3. The van der Waals surface area contributed by atoms with E-state index in [9.17, 15) is 14.4 Å². The predicted octanol–water partition coefficient (Wildman–Crippen LogP) is 2.72. The van der Waals surface area contributed by atoms with Crippen LogP contribution in [0.5, 0.6) is 0 Å². The van der Waals surface area contributed by atoms with Gasteiger partial charge in [-0.2, -0.15) is 0 Å². The Labute approximate surface area is 153 Å². The minimum atomic E-state index is -0.349. The molecule has 0 saturated heterocycles. The lowest BCUT2D eigenvalue weighted by atomic mass is 10.1. The van der Waals surface area contributed by atoms with Gasteiger partial charge in [0.05, 0.1) is 12.1 Å². The van der Waals surface area contributed by atoms with Crippen LogP contribution in [0, 0.1) is 0 Å². The summed E-state index contributed by atoms with van der Waals surface area (Å²) in [6, 6.07) is 7.01. The van der Waals surface area contributed by atoms with Gasteiger partial charge in [-0.1, -0.05) is 30.8 Å². The molecule has 0 aliphatic rings. The minimum absolute atomic E-state index is 0.0966. The fourth-order valence-electron chi connectivity index (χ4n) is 1.93. The van der Waals surface area contributed by atoms with Crippen LogP contribution in [0.3, 0.4) is 0 Å². The first kappa shape index (κ1) is 21.0. The molecule has 0 aliphatic heterocycles. The Kier molecular flexibility index (Phi) is 8.48. The molecule has 6 nitrogen and oxygen atoms in total. The number of amides is 2. The monoisotopic (exact) mass is 366 g/mol. The number of esters is 1. The van der Waals surface area contributed by atoms with Crippen LogP contribution >= 0.6 is 11.8 Å². The van der Waals surface area contributed by atoms with Crippen LogP contribution in [0.2, 0.25) is 0 Å². The van der Waals surface area contributed by atoms with Crippen LogP contribution < -0.4 is 10.6 Å². The Morgan fingerprint density at radius 1 is 1.16 bits per heavy atom. The number of benzene rings is 1. The quantitative estimate of drug-likeness (QED) is 0.420. The van der Waals surface area contributed by atoms with E-state index in [1.165, 1.54) is 11.8 Å². The van der Waals surface area contributed by atoms with Gasteiger partial charge in [0.1, 0.15) is 5.94 Å². The highest BCUT2D eigenvalue weighted by Gasteiger charge is 2.16. The van der Waals surface area contributed by atoms with Gasteiger partial charge in [-0.25, -0.2) is 0 Å². The van der Waals surface area contributed by atoms with E-state index < -0.39 is 0 Å². The first-order valence-corrected chi connectivity index (χ1v) is 9.18. The lowest BCUT2D eigenvalue weighted by Gasteiger charge is -2.20. The van der Waals surface area contributed by atoms with Crippen molar-refractivity contribution < 1.29 is 19.1 Å². The summed E-state index contributed by atoms with van der Waals surface area (Å²) in [6.45, 7) is 7.43. The zero-order chi connectivity index (χ0) is 18.9. The average molecular weight is 366 g/mol. The van der Waals surface area contributed by atoms with E-state index in [1.54, 1.807) is 24.3 Å². The van der Waals surface area contributed by atoms with Crippen LogP contribution in [0.25, 0.3) is 0 Å². The van der Waals surface area contributed by atoms with Crippen LogP contribution in [0.15, 0.2) is 29.2 Å². The molecule has 7 heteroatoms. The number of thioether (sulfide) groups is 1. The highest BCUT2D eigenvalue weighted by Crippen LogP contribution is 2.22. The second-order valence-corrected chi connectivity index (χ2v) is 7.47. The Bertz CT molecular complexity index is 611. The Morgan fingerprint density at radius 3 is 2.48 bits per heavy atom. The number of carbonyl (C=O) groups excluding carboxylic acids is 3. The Balaban J connectivity index is 2.58. The highest BCUT2D eigenvalue weighted by molar-refractivity contribution is 7.99. The molecule has 0 atom stereocenters. The van der Waals surface area contributed by atoms with E-state index in [1.807, 2.05) is 27.7 Å². The summed E-state index contributed by atoms with van der Waals surface area (Å²) in [6.07, 6.45) is 1.12. The topological polar surface area (TPSA) is 84.5 Å². The van der Waals surface area contributed by atoms with Crippen molar-refractivity contribution in [3.63, 3.8) is 0 Å². The van der Waals surface area contributed by atoms with Gasteiger partial charge in [-0.15, -0.1) is 0 Å². The number of hydrogen-bond donors (Lipinski definition) is 2. The zero-order valence-corrected chi connectivity index (χ0v) is 16.0. The third kappa shape index (κ3) is 8.58. The molecule has 0 spiro atoms. The normalized spacial score (nSPS) is 10.9. The standard InChI is InChI=1S/C18H26N2O4S/c1-5-8-16(22)24-12-25-14-10-7-6-9-13(14)17(23)19-11-15(21)20-18(2,3)4/h6-7,9-10H,5,8,11-12H2,1-4H3,(H,19,23)(H,20,21). The molecular formula is C18H26N2O4S. The lowest BCUT2D eigenvalue weighted by Crippen LogP contribution is -2.45. The third-order valence-electron chi connectivity index (χ3n) is 2.94. The van der Waals surface area contributed by atoms with Gasteiger partial charge >= 0.3 is 5.97 Å². The van der Waals surface area contributed by atoms with E-state index in [4.69, 9.17) is 4.74 Å². The van der Waals surface area contributed by atoms with Crippen LogP contribution in [0.4, 0.5) is 0 Å². The molecule has 0 saturated carbocycles. The molecule has 138 valence electrons. The highest BCUT2D eigenvalue weighted by atomic mass is 32.2. The Hall–Kier alpha value is -2.02. The molecule has 0 aromatic heterocycles. The zero-order valence-electron chi connectivity index (χ0n) is 15.2. The van der Waals surface area contributed by atoms with Crippen molar-refractivity contribution in [2.75, 3.05) is 12.5 Å². The van der Waals surface area contributed by atoms with E-state index >= 15 is 0 Å². The van der Waals surface area contributed by atoms with Crippen LogP contribution in [-0.4, -0.2) is 35.8 Å². The fourth-order valence-corrected chi connectivity index (χ4v) is 2.74. The molecule has 0 fully saturated rings. The summed E-state index contributed by atoms with van der Waals surface area (Å²) in [7, 11) is 0. The molecule has 2 N–H and O–H groups in total. The van der Waals surface area contributed by atoms with Crippen molar-refractivity contribution in [3.05, 3.63) is 29.8 Å². The molecule has 0 heterocycles. The minimum Gasteiger partial charge on any atom is -0.454 e. The summed E-state index contributed by atoms with van der Waals surface area (Å²) >= 11 is 1.27. The molecule has 1 aromatic rings. The van der Waals surface area contributed by atoms with Crippen molar-refractivity contribution in [2.24, 2.45) is 0 Å². The van der Waals surface area contributed by atoms with E-state index in [2.05, 4.69) is 10.6 Å². The molecule has 25 heavy (non-hydrogen) atoms. The molecule has 0 unspecified atom stereocenters. The van der Waals surface area contributed by atoms with Crippen LogP contribution in [-0.2, 0) is 14.3 Å². The fraction of sp³-hybridized carbons (Fsp3) is 0.500. The smallest absolute Gasteiger partial charge is 0.306 e. The van der Waals surface area contributed by atoms with Gasteiger partial charge in [0.25, 0.3) is 5.91 Å². The van der Waals surface area contributed by atoms with Gasteiger partial charge in [-0.3, -0.25) is 14.4 Å². The number of rotatable bonds is 8. The summed E-state index contributed by atoms with van der Waals surface area (Å²) < 4.78 is 5.10. The summed E-state index contributed by atoms with van der Waals surface area (Å²) in [5.41, 5.74) is 0.0976. The molecule has 2 amide bonds. The van der Waals surface area contributed by atoms with E-state index in [-0.39, 0.29) is 35.8 Å². The van der Waals surface area contributed by atoms with Crippen LogP contribution in [0.1, 0.15) is 50.9 Å². The molecule has 0 radical (unpaired) electrons.